The Morgan fingerprint density at radius 1 is 1.00 bits per heavy atom. The molecule has 0 amide bonds. The van der Waals surface area contributed by atoms with Gasteiger partial charge in [-0.2, -0.15) is 0 Å². The van der Waals surface area contributed by atoms with E-state index in [0.717, 1.165) is 30.7 Å². The van der Waals surface area contributed by atoms with Crippen LogP contribution in [0.2, 0.25) is 0 Å². The SMILES string of the molecule is CC1CCCCC1(O)c1ccc(C2CCC2)cc1. The summed E-state index contributed by atoms with van der Waals surface area (Å²) in [5.41, 5.74) is 2.03. The maximum absolute atomic E-state index is 10.9. The standard InChI is InChI=1S/C17H24O/c1-13-5-2-3-12-17(13,18)16-10-8-15(9-11-16)14-6-4-7-14/h8-11,13-14,18H,2-7,12H2,1H3. The normalized spacial score (nSPS) is 33.1. The van der Waals surface area contributed by atoms with Crippen LogP contribution in [0.3, 0.4) is 0 Å². The first-order chi connectivity index (χ1) is 8.70. The van der Waals surface area contributed by atoms with Crippen molar-refractivity contribution in [2.24, 2.45) is 5.92 Å². The van der Waals surface area contributed by atoms with Gasteiger partial charge < -0.3 is 5.11 Å². The Morgan fingerprint density at radius 2 is 1.72 bits per heavy atom. The highest BCUT2D eigenvalue weighted by molar-refractivity contribution is 5.30. The van der Waals surface area contributed by atoms with Crippen molar-refractivity contribution in [3.8, 4) is 0 Å². The summed E-state index contributed by atoms with van der Waals surface area (Å²) < 4.78 is 0. The van der Waals surface area contributed by atoms with Crippen LogP contribution in [-0.2, 0) is 5.60 Å². The highest BCUT2D eigenvalue weighted by Crippen LogP contribution is 2.42. The molecular weight excluding hydrogens is 220 g/mol. The van der Waals surface area contributed by atoms with Crippen molar-refractivity contribution in [2.75, 3.05) is 0 Å². The maximum atomic E-state index is 10.9. The summed E-state index contributed by atoms with van der Waals surface area (Å²) in [5, 5.41) is 10.9. The number of hydrogen-bond acceptors (Lipinski definition) is 1. The minimum absolute atomic E-state index is 0.390. The molecule has 1 aromatic rings. The fourth-order valence-electron chi connectivity index (χ4n) is 3.54. The van der Waals surface area contributed by atoms with Gasteiger partial charge >= 0.3 is 0 Å². The average molecular weight is 244 g/mol. The molecular formula is C17H24O. The van der Waals surface area contributed by atoms with Crippen molar-refractivity contribution in [2.45, 2.75) is 63.4 Å². The molecule has 0 spiro atoms. The van der Waals surface area contributed by atoms with Gasteiger partial charge in [0.15, 0.2) is 0 Å². The Morgan fingerprint density at radius 3 is 2.28 bits per heavy atom. The Kier molecular flexibility index (Phi) is 3.19. The van der Waals surface area contributed by atoms with Gasteiger partial charge in [0.05, 0.1) is 5.60 Å². The van der Waals surface area contributed by atoms with Crippen molar-refractivity contribution in [3.63, 3.8) is 0 Å². The van der Waals surface area contributed by atoms with E-state index in [2.05, 4.69) is 31.2 Å². The van der Waals surface area contributed by atoms with Gasteiger partial charge in [0, 0.05) is 0 Å². The molecule has 2 unspecified atom stereocenters. The molecule has 2 aliphatic carbocycles. The highest BCUT2D eigenvalue weighted by Gasteiger charge is 2.37. The molecule has 2 aliphatic rings. The molecule has 0 heterocycles. The number of rotatable bonds is 2. The third kappa shape index (κ3) is 1.99. The van der Waals surface area contributed by atoms with Crippen LogP contribution in [0, 0.1) is 5.92 Å². The lowest BCUT2D eigenvalue weighted by Gasteiger charge is -2.39. The smallest absolute Gasteiger partial charge is 0.0921 e. The second kappa shape index (κ2) is 4.70. The molecule has 2 fully saturated rings. The summed E-state index contributed by atoms with van der Waals surface area (Å²) in [7, 11) is 0. The third-order valence-electron chi connectivity index (χ3n) is 5.25. The molecule has 2 atom stereocenters. The van der Waals surface area contributed by atoms with Gasteiger partial charge in [0.25, 0.3) is 0 Å². The third-order valence-corrected chi connectivity index (χ3v) is 5.25. The van der Waals surface area contributed by atoms with E-state index in [-0.39, 0.29) is 0 Å². The van der Waals surface area contributed by atoms with E-state index < -0.39 is 5.60 Å². The van der Waals surface area contributed by atoms with Crippen molar-refractivity contribution >= 4 is 0 Å². The average Bonchev–Trinajstić information content (AvgIpc) is 2.32. The van der Waals surface area contributed by atoms with Crippen LogP contribution in [0.1, 0.15) is 68.9 Å². The molecule has 98 valence electrons. The molecule has 0 saturated heterocycles. The van der Waals surface area contributed by atoms with Gasteiger partial charge in [-0.25, -0.2) is 0 Å². The first kappa shape index (κ1) is 12.2. The zero-order valence-corrected chi connectivity index (χ0v) is 11.4. The lowest BCUT2D eigenvalue weighted by Crippen LogP contribution is -2.36. The summed E-state index contributed by atoms with van der Waals surface area (Å²) in [6, 6.07) is 8.85. The fourth-order valence-corrected chi connectivity index (χ4v) is 3.54. The fraction of sp³-hybridized carbons (Fsp3) is 0.647. The summed E-state index contributed by atoms with van der Waals surface area (Å²) >= 11 is 0. The van der Waals surface area contributed by atoms with E-state index >= 15 is 0 Å². The summed E-state index contributed by atoms with van der Waals surface area (Å²) in [5.74, 6) is 1.18. The lowest BCUT2D eigenvalue weighted by atomic mass is 9.72. The van der Waals surface area contributed by atoms with Gasteiger partial charge in [-0.05, 0) is 48.6 Å². The van der Waals surface area contributed by atoms with Crippen LogP contribution in [0.15, 0.2) is 24.3 Å². The zero-order chi connectivity index (χ0) is 12.6. The Balaban J connectivity index is 1.82. The first-order valence-electron chi connectivity index (χ1n) is 7.53. The topological polar surface area (TPSA) is 20.2 Å². The molecule has 0 bridgehead atoms. The molecule has 18 heavy (non-hydrogen) atoms. The van der Waals surface area contributed by atoms with E-state index in [4.69, 9.17) is 0 Å². The minimum atomic E-state index is -0.573. The van der Waals surface area contributed by atoms with E-state index in [1.165, 1.54) is 31.2 Å². The van der Waals surface area contributed by atoms with Crippen LogP contribution in [-0.4, -0.2) is 5.11 Å². The second-order valence-corrected chi connectivity index (χ2v) is 6.32. The Hall–Kier alpha value is -0.820. The molecule has 1 N–H and O–H groups in total. The predicted octanol–water partition coefficient (Wildman–Crippen LogP) is 4.35. The van der Waals surface area contributed by atoms with Gasteiger partial charge in [0.2, 0.25) is 0 Å². The van der Waals surface area contributed by atoms with Gasteiger partial charge in [-0.1, -0.05) is 50.5 Å². The summed E-state index contributed by atoms with van der Waals surface area (Å²) in [6.45, 7) is 2.19. The molecule has 1 aromatic carbocycles. The number of aliphatic hydroxyl groups is 1. The Bertz CT molecular complexity index is 404. The number of hydrogen-bond donors (Lipinski definition) is 1. The van der Waals surface area contributed by atoms with Gasteiger partial charge in [-0.15, -0.1) is 0 Å². The first-order valence-corrected chi connectivity index (χ1v) is 7.53. The largest absolute Gasteiger partial charge is 0.385 e. The molecule has 1 nitrogen and oxygen atoms in total. The van der Waals surface area contributed by atoms with E-state index in [9.17, 15) is 5.11 Å². The van der Waals surface area contributed by atoms with Gasteiger partial charge in [-0.3, -0.25) is 0 Å². The van der Waals surface area contributed by atoms with Crippen molar-refractivity contribution < 1.29 is 5.11 Å². The molecule has 2 saturated carbocycles. The highest BCUT2D eigenvalue weighted by atomic mass is 16.3. The minimum Gasteiger partial charge on any atom is -0.385 e. The van der Waals surface area contributed by atoms with Gasteiger partial charge in [0.1, 0.15) is 0 Å². The van der Waals surface area contributed by atoms with E-state index in [1.807, 2.05) is 0 Å². The van der Waals surface area contributed by atoms with Crippen LogP contribution in [0.25, 0.3) is 0 Å². The Labute approximate surface area is 110 Å². The molecule has 0 aromatic heterocycles. The molecule has 0 radical (unpaired) electrons. The van der Waals surface area contributed by atoms with Crippen molar-refractivity contribution in [1.82, 2.24) is 0 Å². The second-order valence-electron chi connectivity index (χ2n) is 6.32. The molecule has 3 rings (SSSR count). The maximum Gasteiger partial charge on any atom is 0.0921 e. The summed E-state index contributed by atoms with van der Waals surface area (Å²) in [4.78, 5) is 0. The van der Waals surface area contributed by atoms with E-state index in [0.29, 0.717) is 5.92 Å². The van der Waals surface area contributed by atoms with E-state index in [1.54, 1.807) is 0 Å². The van der Waals surface area contributed by atoms with Crippen molar-refractivity contribution in [1.29, 1.82) is 0 Å². The van der Waals surface area contributed by atoms with Crippen molar-refractivity contribution in [3.05, 3.63) is 35.4 Å². The van der Waals surface area contributed by atoms with Crippen LogP contribution in [0.4, 0.5) is 0 Å². The zero-order valence-electron chi connectivity index (χ0n) is 11.4. The van der Waals surface area contributed by atoms with Crippen LogP contribution < -0.4 is 0 Å². The monoisotopic (exact) mass is 244 g/mol. The number of benzene rings is 1. The lowest BCUT2D eigenvalue weighted by molar-refractivity contribution is -0.0469. The predicted molar refractivity (Wildman–Crippen MR) is 74.6 cm³/mol. The van der Waals surface area contributed by atoms with Crippen LogP contribution >= 0.6 is 0 Å². The molecule has 1 heteroatoms. The quantitative estimate of drug-likeness (QED) is 0.820. The molecule has 0 aliphatic heterocycles. The van der Waals surface area contributed by atoms with Crippen LogP contribution in [0.5, 0.6) is 0 Å². The summed E-state index contributed by atoms with van der Waals surface area (Å²) in [6.07, 6.45) is 8.58.